The lowest BCUT2D eigenvalue weighted by Gasteiger charge is -2.32. The van der Waals surface area contributed by atoms with E-state index in [9.17, 15) is 9.59 Å². The van der Waals surface area contributed by atoms with Crippen molar-refractivity contribution >= 4 is 11.8 Å². The van der Waals surface area contributed by atoms with Crippen LogP contribution >= 0.6 is 0 Å². The maximum atomic E-state index is 13.6. The molecule has 5 rings (SSSR count). The number of pyridine rings is 1. The minimum Gasteiger partial charge on any atom is -0.356 e. The SMILES string of the molecule is Cn1nccc1C(=O)N1CCCCCCNC(=O)[C@@H]2C[C@@H](c3nc(-c4cccnc4)no3)C[C@@H]21. The average molecular weight is 464 g/mol. The molecule has 0 unspecified atom stereocenters. The molecule has 3 aromatic rings. The summed E-state index contributed by atoms with van der Waals surface area (Å²) in [6.07, 6.45) is 10.1. The number of amides is 2. The number of fused-ring (bicyclic) bond motifs is 1. The Kier molecular flexibility index (Phi) is 6.37. The van der Waals surface area contributed by atoms with Crippen molar-refractivity contribution in [2.75, 3.05) is 13.1 Å². The fraction of sp³-hybridized carbons (Fsp3) is 0.500. The molecule has 34 heavy (non-hydrogen) atoms. The quantitative estimate of drug-likeness (QED) is 0.634. The van der Waals surface area contributed by atoms with Crippen LogP contribution in [0, 0.1) is 5.92 Å². The molecule has 0 aromatic carbocycles. The van der Waals surface area contributed by atoms with E-state index in [4.69, 9.17) is 4.52 Å². The molecule has 178 valence electrons. The van der Waals surface area contributed by atoms with Gasteiger partial charge in [-0.15, -0.1) is 0 Å². The van der Waals surface area contributed by atoms with Crippen molar-refractivity contribution < 1.29 is 14.1 Å². The first-order valence-electron chi connectivity index (χ1n) is 11.9. The number of nitrogens with one attached hydrogen (secondary N) is 1. The minimum absolute atomic E-state index is 0.01000. The molecule has 1 aliphatic carbocycles. The largest absolute Gasteiger partial charge is 0.356 e. The molecule has 1 saturated heterocycles. The van der Waals surface area contributed by atoms with Crippen molar-refractivity contribution in [2.24, 2.45) is 13.0 Å². The molecule has 10 nitrogen and oxygen atoms in total. The monoisotopic (exact) mass is 463 g/mol. The van der Waals surface area contributed by atoms with Crippen LogP contribution < -0.4 is 5.32 Å². The van der Waals surface area contributed by atoms with Gasteiger partial charge in [0.05, 0.1) is 5.92 Å². The highest BCUT2D eigenvalue weighted by molar-refractivity contribution is 5.93. The molecule has 1 saturated carbocycles. The summed E-state index contributed by atoms with van der Waals surface area (Å²) in [6, 6.07) is 5.18. The maximum absolute atomic E-state index is 13.6. The van der Waals surface area contributed by atoms with Crippen LogP contribution in [0.3, 0.4) is 0 Å². The van der Waals surface area contributed by atoms with Gasteiger partial charge >= 0.3 is 0 Å². The molecule has 2 amide bonds. The van der Waals surface area contributed by atoms with E-state index in [1.807, 2.05) is 17.0 Å². The first-order valence-corrected chi connectivity index (χ1v) is 11.9. The van der Waals surface area contributed by atoms with Gasteiger partial charge in [0.15, 0.2) is 0 Å². The summed E-state index contributed by atoms with van der Waals surface area (Å²) in [4.78, 5) is 37.4. The van der Waals surface area contributed by atoms with Crippen LogP contribution in [0.1, 0.15) is 60.8 Å². The van der Waals surface area contributed by atoms with Crippen molar-refractivity contribution in [3.05, 3.63) is 48.4 Å². The van der Waals surface area contributed by atoms with Gasteiger partial charge in [0.1, 0.15) is 5.69 Å². The lowest BCUT2D eigenvalue weighted by Crippen LogP contribution is -2.47. The van der Waals surface area contributed by atoms with Crippen molar-refractivity contribution in [1.29, 1.82) is 0 Å². The molecular formula is C24H29N7O3. The van der Waals surface area contributed by atoms with Crippen molar-refractivity contribution in [3.8, 4) is 11.4 Å². The van der Waals surface area contributed by atoms with Gasteiger partial charge in [0, 0.05) is 56.3 Å². The molecular weight excluding hydrogens is 434 g/mol. The lowest BCUT2D eigenvalue weighted by molar-refractivity contribution is -0.126. The van der Waals surface area contributed by atoms with E-state index in [2.05, 4.69) is 25.5 Å². The number of carbonyl (C=O) groups is 2. The summed E-state index contributed by atoms with van der Waals surface area (Å²) < 4.78 is 7.22. The molecule has 0 radical (unpaired) electrons. The average Bonchev–Trinajstić information content (AvgIpc) is 3.60. The molecule has 2 fully saturated rings. The highest BCUT2D eigenvalue weighted by Crippen LogP contribution is 2.41. The third kappa shape index (κ3) is 4.44. The normalized spacial score (nSPS) is 23.7. The van der Waals surface area contributed by atoms with Gasteiger partial charge < -0.3 is 14.7 Å². The fourth-order valence-electron chi connectivity index (χ4n) is 5.11. The maximum Gasteiger partial charge on any atom is 0.272 e. The van der Waals surface area contributed by atoms with Crippen LogP contribution in [0.2, 0.25) is 0 Å². The van der Waals surface area contributed by atoms with E-state index in [1.54, 1.807) is 36.4 Å². The van der Waals surface area contributed by atoms with Crippen LogP contribution in [0.15, 0.2) is 41.3 Å². The van der Waals surface area contributed by atoms with Crippen LogP contribution in [0.4, 0.5) is 0 Å². The third-order valence-corrected chi connectivity index (χ3v) is 6.90. The smallest absolute Gasteiger partial charge is 0.272 e. The van der Waals surface area contributed by atoms with E-state index < -0.39 is 0 Å². The molecule has 3 aromatic heterocycles. The second kappa shape index (κ2) is 9.74. The lowest BCUT2D eigenvalue weighted by atomic mass is 10.00. The van der Waals surface area contributed by atoms with Gasteiger partial charge in [-0.1, -0.05) is 18.0 Å². The number of aryl methyl sites for hydroxylation is 1. The number of hydrogen-bond donors (Lipinski definition) is 1. The number of hydrogen-bond acceptors (Lipinski definition) is 7. The summed E-state index contributed by atoms with van der Waals surface area (Å²) in [7, 11) is 1.76. The van der Waals surface area contributed by atoms with E-state index in [1.165, 1.54) is 0 Å². The summed E-state index contributed by atoms with van der Waals surface area (Å²) in [5.41, 5.74) is 1.30. The van der Waals surface area contributed by atoms with E-state index in [0.717, 1.165) is 31.2 Å². The van der Waals surface area contributed by atoms with Crippen LogP contribution in [0.5, 0.6) is 0 Å². The van der Waals surface area contributed by atoms with Gasteiger partial charge in [-0.25, -0.2) is 0 Å². The Morgan fingerprint density at radius 1 is 1.15 bits per heavy atom. The van der Waals surface area contributed by atoms with Crippen molar-refractivity contribution in [2.45, 2.75) is 50.5 Å². The molecule has 4 heterocycles. The highest BCUT2D eigenvalue weighted by atomic mass is 16.5. The molecule has 2 aliphatic rings. The Morgan fingerprint density at radius 3 is 2.82 bits per heavy atom. The molecule has 0 spiro atoms. The van der Waals surface area contributed by atoms with E-state index in [0.29, 0.717) is 43.3 Å². The molecule has 1 aliphatic heterocycles. The van der Waals surface area contributed by atoms with Crippen LogP contribution in [-0.4, -0.2) is 60.8 Å². The van der Waals surface area contributed by atoms with Gasteiger partial charge in [0.25, 0.3) is 5.91 Å². The van der Waals surface area contributed by atoms with Crippen LogP contribution in [-0.2, 0) is 11.8 Å². The molecule has 10 heteroatoms. The summed E-state index contributed by atoms with van der Waals surface area (Å²) >= 11 is 0. The van der Waals surface area contributed by atoms with E-state index >= 15 is 0 Å². The first-order chi connectivity index (χ1) is 16.6. The van der Waals surface area contributed by atoms with Crippen molar-refractivity contribution in [3.63, 3.8) is 0 Å². The Balaban J connectivity index is 1.44. The number of carbonyl (C=O) groups excluding carboxylic acids is 2. The predicted molar refractivity (Wildman–Crippen MR) is 123 cm³/mol. The van der Waals surface area contributed by atoms with Gasteiger partial charge in [-0.3, -0.25) is 19.3 Å². The standard InChI is InChI=1S/C24H29N7O3/c1-30-19(8-11-27-30)24(33)31-12-5-3-2-4-10-26-22(32)18-13-17(14-20(18)31)23-28-21(29-34-23)16-7-6-9-25-15-16/h6-9,11,15,17-18,20H,2-5,10,12-14H2,1H3,(H,26,32)/t17-,18-,20+/m1/s1. The molecule has 0 bridgehead atoms. The zero-order valence-corrected chi connectivity index (χ0v) is 19.3. The van der Waals surface area contributed by atoms with Crippen molar-refractivity contribution in [1.82, 2.24) is 35.1 Å². The van der Waals surface area contributed by atoms with Gasteiger partial charge in [-0.05, 0) is 43.9 Å². The number of rotatable bonds is 3. The number of nitrogens with zero attached hydrogens (tertiary/aromatic N) is 6. The second-order valence-corrected chi connectivity index (χ2v) is 9.08. The topological polar surface area (TPSA) is 119 Å². The summed E-state index contributed by atoms with van der Waals surface area (Å²) in [6.45, 7) is 1.27. The predicted octanol–water partition coefficient (Wildman–Crippen LogP) is 2.56. The van der Waals surface area contributed by atoms with E-state index in [-0.39, 0.29) is 29.7 Å². The first kappa shape index (κ1) is 22.2. The fourth-order valence-corrected chi connectivity index (χ4v) is 5.11. The minimum atomic E-state index is -0.339. The Bertz CT molecular complexity index is 1140. The third-order valence-electron chi connectivity index (χ3n) is 6.90. The zero-order chi connectivity index (χ0) is 23.5. The number of aromatic nitrogens is 5. The van der Waals surface area contributed by atoms with Gasteiger partial charge in [-0.2, -0.15) is 10.1 Å². The summed E-state index contributed by atoms with van der Waals surface area (Å²) in [5.74, 6) is 0.426. The summed E-state index contributed by atoms with van der Waals surface area (Å²) in [5, 5.41) is 11.4. The zero-order valence-electron chi connectivity index (χ0n) is 19.3. The Labute approximate surface area is 197 Å². The highest BCUT2D eigenvalue weighted by Gasteiger charge is 2.46. The van der Waals surface area contributed by atoms with Crippen LogP contribution in [0.25, 0.3) is 11.4 Å². The van der Waals surface area contributed by atoms with Gasteiger partial charge in [0.2, 0.25) is 17.6 Å². The molecule has 1 N–H and O–H groups in total. The Hall–Kier alpha value is -3.56. The Morgan fingerprint density at radius 2 is 2.03 bits per heavy atom. The second-order valence-electron chi connectivity index (χ2n) is 9.08. The molecule has 3 atom stereocenters.